The van der Waals surface area contributed by atoms with Gasteiger partial charge < -0.3 is 19.8 Å². The van der Waals surface area contributed by atoms with Crippen molar-refractivity contribution in [1.29, 1.82) is 0 Å². The number of halogens is 1. The number of amides is 1. The summed E-state index contributed by atoms with van der Waals surface area (Å²) in [6.45, 7) is 0.703. The summed E-state index contributed by atoms with van der Waals surface area (Å²) in [5.74, 6) is 0.600. The summed E-state index contributed by atoms with van der Waals surface area (Å²) in [6.07, 6.45) is 2.01. The topological polar surface area (TPSA) is 63.4 Å². The van der Waals surface area contributed by atoms with E-state index in [4.69, 9.17) is 21.1 Å². The van der Waals surface area contributed by atoms with E-state index in [-0.39, 0.29) is 25.0 Å². The van der Waals surface area contributed by atoms with Crippen LogP contribution in [0.2, 0.25) is 5.02 Å². The number of hydrogen-bond acceptors (Lipinski definition) is 3. The van der Waals surface area contributed by atoms with Crippen molar-refractivity contribution in [2.45, 2.75) is 12.5 Å². The van der Waals surface area contributed by atoms with E-state index in [9.17, 15) is 4.79 Å². The molecule has 1 atom stereocenters. The zero-order valence-corrected chi connectivity index (χ0v) is 18.6. The van der Waals surface area contributed by atoms with E-state index in [0.717, 1.165) is 33.3 Å². The Kier molecular flexibility index (Phi) is 7.10. The first-order valence-corrected chi connectivity index (χ1v) is 10.8. The standard InChI is InChI=1S/C26H25ClN2O3/c1-31-20-12-10-18(11-13-20)22(23-15-28-25-9-5-3-7-21(23)25)14-29-26(30)17-32-16-19-6-2-4-8-24(19)27/h2-13,15,22,28H,14,16-17H2,1H3,(H,29,30). The second-order valence-corrected chi connectivity index (χ2v) is 7.91. The van der Waals surface area contributed by atoms with Crippen molar-refractivity contribution in [3.05, 3.63) is 101 Å². The normalized spacial score (nSPS) is 11.9. The van der Waals surface area contributed by atoms with Gasteiger partial charge in [-0.2, -0.15) is 0 Å². The lowest BCUT2D eigenvalue weighted by atomic mass is 9.91. The Morgan fingerprint density at radius 3 is 2.56 bits per heavy atom. The van der Waals surface area contributed by atoms with Gasteiger partial charge >= 0.3 is 0 Å². The molecule has 4 aromatic rings. The largest absolute Gasteiger partial charge is 0.497 e. The molecule has 5 nitrogen and oxygen atoms in total. The third kappa shape index (κ3) is 5.13. The van der Waals surface area contributed by atoms with Gasteiger partial charge in [-0.1, -0.05) is 60.1 Å². The summed E-state index contributed by atoms with van der Waals surface area (Å²) < 4.78 is 10.9. The summed E-state index contributed by atoms with van der Waals surface area (Å²) in [5.41, 5.74) is 4.14. The maximum atomic E-state index is 12.5. The van der Waals surface area contributed by atoms with Gasteiger partial charge in [0.2, 0.25) is 5.91 Å². The number of H-pyrrole nitrogens is 1. The van der Waals surface area contributed by atoms with Gasteiger partial charge in [0.05, 0.1) is 13.7 Å². The zero-order valence-electron chi connectivity index (χ0n) is 17.8. The first-order chi connectivity index (χ1) is 15.7. The van der Waals surface area contributed by atoms with E-state index < -0.39 is 0 Å². The number of hydrogen-bond donors (Lipinski definition) is 2. The van der Waals surface area contributed by atoms with E-state index >= 15 is 0 Å². The van der Waals surface area contributed by atoms with E-state index in [0.29, 0.717) is 11.6 Å². The van der Waals surface area contributed by atoms with Crippen molar-refractivity contribution in [2.75, 3.05) is 20.3 Å². The number of benzene rings is 3. The molecule has 32 heavy (non-hydrogen) atoms. The van der Waals surface area contributed by atoms with Crippen molar-refractivity contribution >= 4 is 28.4 Å². The minimum atomic E-state index is -0.171. The number of rotatable bonds is 9. The van der Waals surface area contributed by atoms with Gasteiger partial charge in [0.1, 0.15) is 12.4 Å². The molecule has 0 aliphatic heterocycles. The van der Waals surface area contributed by atoms with Crippen LogP contribution in [0.15, 0.2) is 79.0 Å². The average Bonchev–Trinajstić information content (AvgIpc) is 3.25. The van der Waals surface area contributed by atoms with Crippen molar-refractivity contribution in [3.8, 4) is 5.75 Å². The molecule has 0 aliphatic rings. The van der Waals surface area contributed by atoms with Crippen LogP contribution < -0.4 is 10.1 Å². The van der Waals surface area contributed by atoms with Gasteiger partial charge in [0, 0.05) is 34.6 Å². The first-order valence-electron chi connectivity index (χ1n) is 10.4. The van der Waals surface area contributed by atoms with Gasteiger partial charge in [0.15, 0.2) is 0 Å². The summed E-state index contributed by atoms with van der Waals surface area (Å²) >= 11 is 6.14. The Hall–Kier alpha value is -3.28. The fourth-order valence-corrected chi connectivity index (χ4v) is 3.95. The van der Waals surface area contributed by atoms with Crippen molar-refractivity contribution in [1.82, 2.24) is 10.3 Å². The SMILES string of the molecule is COc1ccc(C(CNC(=O)COCc2ccccc2Cl)c2c[nH]c3ccccc23)cc1. The van der Waals surface area contributed by atoms with Crippen LogP contribution in [-0.2, 0) is 16.1 Å². The van der Waals surface area contributed by atoms with Crippen LogP contribution in [0.3, 0.4) is 0 Å². The molecule has 1 amide bonds. The molecular weight excluding hydrogens is 424 g/mol. The minimum absolute atomic E-state index is 0.0235. The predicted octanol–water partition coefficient (Wildman–Crippen LogP) is 5.29. The maximum absolute atomic E-state index is 12.5. The van der Waals surface area contributed by atoms with Crippen molar-refractivity contribution in [3.63, 3.8) is 0 Å². The lowest BCUT2D eigenvalue weighted by Crippen LogP contribution is -2.31. The Balaban J connectivity index is 1.45. The zero-order chi connectivity index (χ0) is 22.3. The smallest absolute Gasteiger partial charge is 0.246 e. The molecule has 0 saturated carbocycles. The summed E-state index contributed by atoms with van der Waals surface area (Å²) in [6, 6.07) is 23.5. The van der Waals surface area contributed by atoms with E-state index in [2.05, 4.69) is 16.4 Å². The number of carbonyl (C=O) groups excluding carboxylic acids is 1. The molecule has 3 aromatic carbocycles. The Labute approximate surface area is 192 Å². The average molecular weight is 449 g/mol. The number of ether oxygens (including phenoxy) is 2. The highest BCUT2D eigenvalue weighted by Crippen LogP contribution is 2.31. The Morgan fingerprint density at radius 2 is 1.78 bits per heavy atom. The van der Waals surface area contributed by atoms with Gasteiger partial charge in [-0.15, -0.1) is 0 Å². The molecule has 1 aromatic heterocycles. The lowest BCUT2D eigenvalue weighted by Gasteiger charge is -2.19. The number of methoxy groups -OCH3 is 1. The van der Waals surface area contributed by atoms with Crippen LogP contribution in [0.5, 0.6) is 5.75 Å². The van der Waals surface area contributed by atoms with Crippen LogP contribution in [-0.4, -0.2) is 31.2 Å². The number of aromatic nitrogens is 1. The lowest BCUT2D eigenvalue weighted by molar-refractivity contribution is -0.126. The molecule has 0 bridgehead atoms. The third-order valence-corrected chi connectivity index (χ3v) is 5.84. The molecule has 0 radical (unpaired) electrons. The minimum Gasteiger partial charge on any atom is -0.497 e. The second-order valence-electron chi connectivity index (χ2n) is 7.50. The number of fused-ring (bicyclic) bond motifs is 1. The number of aromatic amines is 1. The molecule has 0 saturated heterocycles. The second kappa shape index (κ2) is 10.4. The van der Waals surface area contributed by atoms with Crippen molar-refractivity contribution in [2.24, 2.45) is 0 Å². The summed E-state index contributed by atoms with van der Waals surface area (Å²) in [4.78, 5) is 15.8. The van der Waals surface area contributed by atoms with Crippen LogP contribution >= 0.6 is 11.6 Å². The Morgan fingerprint density at radius 1 is 1.03 bits per heavy atom. The molecule has 0 fully saturated rings. The molecular formula is C26H25ClN2O3. The first kappa shape index (κ1) is 21.9. The van der Waals surface area contributed by atoms with Gasteiger partial charge in [-0.3, -0.25) is 4.79 Å². The quantitative estimate of drug-likeness (QED) is 0.365. The number of carbonyl (C=O) groups is 1. The molecule has 164 valence electrons. The molecule has 4 rings (SSSR count). The van der Waals surface area contributed by atoms with Gasteiger partial charge in [-0.05, 0) is 41.0 Å². The highest BCUT2D eigenvalue weighted by Gasteiger charge is 2.19. The molecule has 1 heterocycles. The molecule has 0 spiro atoms. The fraction of sp³-hybridized carbons (Fsp3) is 0.192. The highest BCUT2D eigenvalue weighted by atomic mass is 35.5. The maximum Gasteiger partial charge on any atom is 0.246 e. The number of para-hydroxylation sites is 1. The summed E-state index contributed by atoms with van der Waals surface area (Å²) in [5, 5.41) is 4.79. The van der Waals surface area contributed by atoms with E-state index in [1.165, 1.54) is 0 Å². The van der Waals surface area contributed by atoms with Crippen LogP contribution in [0, 0.1) is 0 Å². The van der Waals surface area contributed by atoms with Gasteiger partial charge in [-0.25, -0.2) is 0 Å². The molecule has 2 N–H and O–H groups in total. The van der Waals surface area contributed by atoms with Gasteiger partial charge in [0.25, 0.3) is 0 Å². The predicted molar refractivity (Wildman–Crippen MR) is 127 cm³/mol. The Bertz CT molecular complexity index is 1190. The molecule has 0 aliphatic carbocycles. The van der Waals surface area contributed by atoms with Crippen LogP contribution in [0.1, 0.15) is 22.6 Å². The number of nitrogens with one attached hydrogen (secondary N) is 2. The molecule has 6 heteroatoms. The monoisotopic (exact) mass is 448 g/mol. The highest BCUT2D eigenvalue weighted by molar-refractivity contribution is 6.31. The van der Waals surface area contributed by atoms with Crippen LogP contribution in [0.25, 0.3) is 10.9 Å². The van der Waals surface area contributed by atoms with Crippen molar-refractivity contribution < 1.29 is 14.3 Å². The van der Waals surface area contributed by atoms with E-state index in [1.807, 2.05) is 66.9 Å². The van der Waals surface area contributed by atoms with E-state index in [1.54, 1.807) is 13.2 Å². The molecule has 1 unspecified atom stereocenters. The fourth-order valence-electron chi connectivity index (χ4n) is 3.76. The third-order valence-electron chi connectivity index (χ3n) is 5.47. The van der Waals surface area contributed by atoms with Crippen LogP contribution in [0.4, 0.5) is 0 Å². The summed E-state index contributed by atoms with van der Waals surface area (Å²) in [7, 11) is 1.65.